The van der Waals surface area contributed by atoms with Crippen molar-refractivity contribution >= 4 is 29.5 Å². The molecule has 0 unspecified atom stereocenters. The Bertz CT molecular complexity index is 747. The van der Waals surface area contributed by atoms with E-state index in [1.54, 1.807) is 42.8 Å². The second-order valence-electron chi connectivity index (χ2n) is 4.52. The number of carboxylic acids is 2. The Balaban J connectivity index is 1.88. The summed E-state index contributed by atoms with van der Waals surface area (Å²) in [6, 6.07) is 12.6. The number of anilines is 1. The molecule has 0 saturated carbocycles. The van der Waals surface area contributed by atoms with Gasteiger partial charge in [0, 0.05) is 18.1 Å². The van der Waals surface area contributed by atoms with E-state index < -0.39 is 11.9 Å². The molecule has 0 aromatic heterocycles. The maximum atomic E-state index is 10.7. The van der Waals surface area contributed by atoms with Crippen molar-refractivity contribution in [3.05, 3.63) is 71.9 Å². The third-order valence-corrected chi connectivity index (χ3v) is 2.90. The van der Waals surface area contributed by atoms with E-state index >= 15 is 0 Å². The van der Waals surface area contributed by atoms with Gasteiger partial charge in [0.2, 0.25) is 0 Å². The summed E-state index contributed by atoms with van der Waals surface area (Å²) >= 11 is 0. The van der Waals surface area contributed by atoms with Crippen LogP contribution in [0, 0.1) is 0 Å². The summed E-state index contributed by atoms with van der Waals surface area (Å²) in [6.45, 7) is 0. The Labute approximate surface area is 132 Å². The zero-order chi connectivity index (χ0) is 16.7. The highest BCUT2D eigenvalue weighted by atomic mass is 16.4. The van der Waals surface area contributed by atoms with Crippen LogP contribution >= 0.6 is 0 Å². The van der Waals surface area contributed by atoms with Crippen LogP contribution in [0.2, 0.25) is 0 Å². The predicted molar refractivity (Wildman–Crippen MR) is 87.7 cm³/mol. The van der Waals surface area contributed by atoms with Crippen LogP contribution in [0.5, 0.6) is 0 Å². The number of benzene rings is 2. The molecule has 0 radical (unpaired) electrons. The lowest BCUT2D eigenvalue weighted by molar-refractivity contribution is 0.0686. The fourth-order valence-electron chi connectivity index (χ4n) is 1.72. The largest absolute Gasteiger partial charge is 0.478 e. The van der Waals surface area contributed by atoms with Crippen LogP contribution in [0.25, 0.3) is 0 Å². The van der Waals surface area contributed by atoms with Gasteiger partial charge in [0.05, 0.1) is 16.8 Å². The Kier molecular flexibility index (Phi) is 5.25. The van der Waals surface area contributed by atoms with Crippen molar-refractivity contribution in [1.82, 2.24) is 0 Å². The maximum absolute atomic E-state index is 10.7. The van der Waals surface area contributed by atoms with E-state index in [-0.39, 0.29) is 11.1 Å². The van der Waals surface area contributed by atoms with Crippen molar-refractivity contribution in [3.8, 4) is 0 Å². The van der Waals surface area contributed by atoms with E-state index in [1.165, 1.54) is 24.3 Å². The minimum Gasteiger partial charge on any atom is -0.478 e. The van der Waals surface area contributed by atoms with Gasteiger partial charge in [-0.2, -0.15) is 0 Å². The molecule has 6 nitrogen and oxygen atoms in total. The average Bonchev–Trinajstić information content (AvgIpc) is 2.55. The molecule has 2 rings (SSSR count). The average molecular weight is 310 g/mol. The molecule has 0 amide bonds. The number of aromatic carboxylic acids is 2. The van der Waals surface area contributed by atoms with Gasteiger partial charge in [0.1, 0.15) is 0 Å². The number of rotatable bonds is 6. The molecule has 2 aromatic rings. The molecule has 2 aromatic carbocycles. The van der Waals surface area contributed by atoms with E-state index in [2.05, 4.69) is 10.3 Å². The Morgan fingerprint density at radius 2 is 1.39 bits per heavy atom. The summed E-state index contributed by atoms with van der Waals surface area (Å²) < 4.78 is 0. The van der Waals surface area contributed by atoms with Crippen molar-refractivity contribution < 1.29 is 19.8 Å². The molecule has 0 spiro atoms. The normalized spacial score (nSPS) is 11.0. The third-order valence-electron chi connectivity index (χ3n) is 2.90. The molecule has 0 bridgehead atoms. The van der Waals surface area contributed by atoms with E-state index in [9.17, 15) is 9.59 Å². The minimum absolute atomic E-state index is 0.214. The van der Waals surface area contributed by atoms with Gasteiger partial charge in [-0.15, -0.1) is 0 Å². The fraction of sp³-hybridized carbons (Fsp3) is 0. The monoisotopic (exact) mass is 310 g/mol. The number of nitrogens with one attached hydrogen (secondary N) is 1. The van der Waals surface area contributed by atoms with Crippen LogP contribution in [-0.4, -0.2) is 28.4 Å². The van der Waals surface area contributed by atoms with Crippen molar-refractivity contribution in [1.29, 1.82) is 0 Å². The number of carbonyl (C=O) groups is 2. The van der Waals surface area contributed by atoms with Crippen LogP contribution in [0.3, 0.4) is 0 Å². The second-order valence-corrected chi connectivity index (χ2v) is 4.52. The number of carboxylic acid groups (broad SMARTS) is 2. The predicted octanol–water partition coefficient (Wildman–Crippen LogP) is 3.41. The minimum atomic E-state index is -0.974. The summed E-state index contributed by atoms with van der Waals surface area (Å²) in [5.41, 5.74) is 1.84. The van der Waals surface area contributed by atoms with Crippen LogP contribution in [0.4, 0.5) is 11.4 Å². The Morgan fingerprint density at radius 1 is 0.870 bits per heavy atom. The lowest BCUT2D eigenvalue weighted by Crippen LogP contribution is -1.96. The van der Waals surface area contributed by atoms with Gasteiger partial charge in [0.15, 0.2) is 0 Å². The molecule has 0 saturated heterocycles. The van der Waals surface area contributed by atoms with Crippen molar-refractivity contribution in [2.24, 2.45) is 4.99 Å². The van der Waals surface area contributed by atoms with Gasteiger partial charge in [-0.05, 0) is 54.6 Å². The van der Waals surface area contributed by atoms with Gasteiger partial charge in [-0.25, -0.2) is 9.59 Å². The molecule has 0 atom stereocenters. The highest BCUT2D eigenvalue weighted by molar-refractivity contribution is 5.88. The molecule has 23 heavy (non-hydrogen) atoms. The topological polar surface area (TPSA) is 99.0 Å². The Morgan fingerprint density at radius 3 is 1.91 bits per heavy atom. The fourth-order valence-corrected chi connectivity index (χ4v) is 1.72. The highest BCUT2D eigenvalue weighted by Gasteiger charge is 2.01. The molecule has 116 valence electrons. The molecule has 0 aliphatic carbocycles. The van der Waals surface area contributed by atoms with Crippen LogP contribution in [0.1, 0.15) is 20.7 Å². The van der Waals surface area contributed by atoms with E-state index in [0.717, 1.165) is 5.69 Å². The molecule has 6 heteroatoms. The van der Waals surface area contributed by atoms with E-state index in [1.807, 2.05) is 0 Å². The summed E-state index contributed by atoms with van der Waals surface area (Å²) in [6.07, 6.45) is 4.90. The quantitative estimate of drug-likeness (QED) is 0.710. The SMILES string of the molecule is O=C(O)c1ccc(N=CC=CNc2ccc(C(=O)O)cc2)cc1. The molecule has 3 N–H and O–H groups in total. The molecule has 0 heterocycles. The summed E-state index contributed by atoms with van der Waals surface area (Å²) in [7, 11) is 0. The zero-order valence-electron chi connectivity index (χ0n) is 12.0. The van der Waals surface area contributed by atoms with Crippen LogP contribution < -0.4 is 5.32 Å². The first-order valence-corrected chi connectivity index (χ1v) is 6.69. The number of nitrogens with zero attached hydrogens (tertiary/aromatic N) is 1. The molecular formula is C17H14N2O4. The van der Waals surface area contributed by atoms with Crippen molar-refractivity contribution in [3.63, 3.8) is 0 Å². The van der Waals surface area contributed by atoms with Gasteiger partial charge < -0.3 is 15.5 Å². The lowest BCUT2D eigenvalue weighted by Gasteiger charge is -2.00. The highest BCUT2D eigenvalue weighted by Crippen LogP contribution is 2.12. The number of hydrogen-bond donors (Lipinski definition) is 3. The van der Waals surface area contributed by atoms with Crippen LogP contribution in [-0.2, 0) is 0 Å². The first-order valence-electron chi connectivity index (χ1n) is 6.69. The second kappa shape index (κ2) is 7.56. The van der Waals surface area contributed by atoms with Gasteiger partial charge in [-0.1, -0.05) is 0 Å². The number of aliphatic imine (C=N–C) groups is 1. The standard InChI is InChI=1S/C17H14N2O4/c20-16(21)12-2-6-14(7-3-12)18-10-1-11-19-15-8-4-13(5-9-15)17(22)23/h1-11,18H,(H,20,21)(H,22,23). The molecule has 0 fully saturated rings. The summed E-state index contributed by atoms with van der Waals surface area (Å²) in [5, 5.41) is 20.6. The third kappa shape index (κ3) is 4.82. The maximum Gasteiger partial charge on any atom is 0.335 e. The Hall–Kier alpha value is -3.41. The van der Waals surface area contributed by atoms with Crippen molar-refractivity contribution in [2.45, 2.75) is 0 Å². The van der Waals surface area contributed by atoms with E-state index in [4.69, 9.17) is 10.2 Å². The zero-order valence-corrected chi connectivity index (χ0v) is 12.0. The smallest absolute Gasteiger partial charge is 0.335 e. The summed E-state index contributed by atoms with van der Waals surface area (Å²) in [4.78, 5) is 25.6. The number of hydrogen-bond acceptors (Lipinski definition) is 4. The van der Waals surface area contributed by atoms with E-state index in [0.29, 0.717) is 5.69 Å². The first kappa shape index (κ1) is 16.0. The molecule has 0 aliphatic heterocycles. The summed E-state index contributed by atoms with van der Waals surface area (Å²) in [5.74, 6) is -1.94. The van der Waals surface area contributed by atoms with Crippen molar-refractivity contribution in [2.75, 3.05) is 5.32 Å². The van der Waals surface area contributed by atoms with Gasteiger partial charge >= 0.3 is 11.9 Å². The van der Waals surface area contributed by atoms with Crippen LogP contribution in [0.15, 0.2) is 65.8 Å². The molecule has 0 aliphatic rings. The first-order chi connectivity index (χ1) is 11.1. The lowest BCUT2D eigenvalue weighted by atomic mass is 10.2. The number of allylic oxidation sites excluding steroid dienone is 1. The van der Waals surface area contributed by atoms with Gasteiger partial charge in [0.25, 0.3) is 0 Å². The van der Waals surface area contributed by atoms with Gasteiger partial charge in [-0.3, -0.25) is 4.99 Å². The molecular weight excluding hydrogens is 296 g/mol.